The lowest BCUT2D eigenvalue weighted by Crippen LogP contribution is -2.42. The molecule has 0 aromatic heterocycles. The summed E-state index contributed by atoms with van der Waals surface area (Å²) in [6.45, 7) is 2.77. The molecule has 1 rings (SSSR count). The minimum atomic E-state index is -0.482. The highest BCUT2D eigenvalue weighted by molar-refractivity contribution is 5.75. The van der Waals surface area contributed by atoms with Crippen LogP contribution in [-0.4, -0.2) is 39.4 Å². The van der Waals surface area contributed by atoms with Crippen LogP contribution in [0.2, 0.25) is 0 Å². The number of esters is 1. The second-order valence-electron chi connectivity index (χ2n) is 3.60. The fraction of sp³-hybridized carbons (Fsp3) is 0.462. The van der Waals surface area contributed by atoms with Crippen LogP contribution in [0.15, 0.2) is 24.3 Å². The highest BCUT2D eigenvalue weighted by Gasteiger charge is 2.19. The van der Waals surface area contributed by atoms with E-state index in [0.29, 0.717) is 18.0 Å². The number of hydrogen-bond donors (Lipinski definition) is 1. The molecular formula is C13H19NO4. The number of ether oxygens (including phenoxy) is 3. The van der Waals surface area contributed by atoms with E-state index in [1.165, 1.54) is 7.11 Å². The predicted molar refractivity (Wildman–Crippen MR) is 68.0 cm³/mol. The van der Waals surface area contributed by atoms with Crippen molar-refractivity contribution in [2.75, 3.05) is 27.4 Å². The van der Waals surface area contributed by atoms with Crippen LogP contribution in [0.3, 0.4) is 0 Å². The van der Waals surface area contributed by atoms with E-state index in [1.807, 2.05) is 19.1 Å². The topological polar surface area (TPSA) is 56.8 Å². The van der Waals surface area contributed by atoms with Crippen LogP contribution < -0.4 is 14.8 Å². The number of nitrogens with one attached hydrogen (secondary N) is 1. The normalized spacial score (nSPS) is 11.7. The Morgan fingerprint density at radius 1 is 1.28 bits per heavy atom. The van der Waals surface area contributed by atoms with E-state index in [1.54, 1.807) is 19.2 Å². The van der Waals surface area contributed by atoms with Crippen molar-refractivity contribution in [3.63, 3.8) is 0 Å². The van der Waals surface area contributed by atoms with Gasteiger partial charge in [0.2, 0.25) is 0 Å². The molecule has 0 bridgehead atoms. The van der Waals surface area contributed by atoms with Crippen LogP contribution in [-0.2, 0) is 9.53 Å². The molecular weight excluding hydrogens is 234 g/mol. The van der Waals surface area contributed by atoms with Crippen LogP contribution in [0.25, 0.3) is 0 Å². The van der Waals surface area contributed by atoms with Crippen molar-refractivity contribution in [3.8, 4) is 11.5 Å². The maximum absolute atomic E-state index is 11.5. The van der Waals surface area contributed by atoms with E-state index < -0.39 is 6.04 Å². The number of methoxy groups -OCH3 is 2. The Morgan fingerprint density at radius 2 is 1.94 bits per heavy atom. The predicted octanol–water partition coefficient (Wildman–Crippen LogP) is 1.23. The molecule has 18 heavy (non-hydrogen) atoms. The van der Waals surface area contributed by atoms with Gasteiger partial charge in [-0.25, -0.2) is 0 Å². The van der Waals surface area contributed by atoms with Crippen LogP contribution in [0.5, 0.6) is 11.5 Å². The van der Waals surface area contributed by atoms with Gasteiger partial charge in [-0.05, 0) is 18.7 Å². The molecule has 1 atom stereocenters. The van der Waals surface area contributed by atoms with Crippen molar-refractivity contribution >= 4 is 5.97 Å². The Morgan fingerprint density at radius 3 is 2.50 bits per heavy atom. The summed E-state index contributed by atoms with van der Waals surface area (Å²) in [4.78, 5) is 11.5. The van der Waals surface area contributed by atoms with Crippen molar-refractivity contribution in [1.82, 2.24) is 5.32 Å². The van der Waals surface area contributed by atoms with Gasteiger partial charge in [0.1, 0.15) is 12.6 Å². The van der Waals surface area contributed by atoms with E-state index in [4.69, 9.17) is 14.2 Å². The second kappa shape index (κ2) is 7.55. The van der Waals surface area contributed by atoms with E-state index in [2.05, 4.69) is 5.32 Å². The fourth-order valence-corrected chi connectivity index (χ4v) is 1.51. The molecule has 0 aliphatic heterocycles. The third-order valence-corrected chi connectivity index (χ3v) is 2.41. The molecule has 0 aliphatic carbocycles. The molecule has 0 fully saturated rings. The molecule has 0 heterocycles. The van der Waals surface area contributed by atoms with Crippen LogP contribution in [0, 0.1) is 0 Å². The summed E-state index contributed by atoms with van der Waals surface area (Å²) in [5, 5.41) is 3.00. The molecule has 0 saturated carbocycles. The van der Waals surface area contributed by atoms with Gasteiger partial charge in [0.05, 0.1) is 14.2 Å². The second-order valence-corrected chi connectivity index (χ2v) is 3.60. The molecule has 1 unspecified atom stereocenters. The first-order valence-corrected chi connectivity index (χ1v) is 5.80. The average Bonchev–Trinajstić information content (AvgIpc) is 2.42. The lowest BCUT2D eigenvalue weighted by atomic mass is 10.3. The lowest BCUT2D eigenvalue weighted by molar-refractivity contribution is -0.143. The monoisotopic (exact) mass is 253 g/mol. The quantitative estimate of drug-likeness (QED) is 0.741. The zero-order valence-corrected chi connectivity index (χ0v) is 10.9. The number of carbonyl (C=O) groups excluding carboxylic acids is 1. The maximum Gasteiger partial charge on any atom is 0.326 e. The smallest absolute Gasteiger partial charge is 0.326 e. The van der Waals surface area contributed by atoms with Crippen molar-refractivity contribution in [2.24, 2.45) is 0 Å². The van der Waals surface area contributed by atoms with E-state index in [0.717, 1.165) is 0 Å². The summed E-state index contributed by atoms with van der Waals surface area (Å²) in [5.74, 6) is 0.899. The van der Waals surface area contributed by atoms with E-state index >= 15 is 0 Å². The van der Waals surface area contributed by atoms with Crippen LogP contribution >= 0.6 is 0 Å². The Kier molecular flexibility index (Phi) is 6.00. The van der Waals surface area contributed by atoms with Gasteiger partial charge in [-0.3, -0.25) is 4.79 Å². The summed E-state index contributed by atoms with van der Waals surface area (Å²) >= 11 is 0. The van der Waals surface area contributed by atoms with Crippen molar-refractivity contribution in [2.45, 2.75) is 13.0 Å². The minimum absolute atomic E-state index is 0.195. The van der Waals surface area contributed by atoms with Gasteiger partial charge < -0.3 is 19.5 Å². The average molecular weight is 253 g/mol. The van der Waals surface area contributed by atoms with Crippen molar-refractivity contribution < 1.29 is 19.0 Å². The van der Waals surface area contributed by atoms with Gasteiger partial charge in [-0.15, -0.1) is 0 Å². The number of hydrogen-bond acceptors (Lipinski definition) is 5. The van der Waals surface area contributed by atoms with Crippen LogP contribution in [0.4, 0.5) is 0 Å². The highest BCUT2D eigenvalue weighted by Crippen LogP contribution is 2.25. The molecule has 0 saturated heterocycles. The van der Waals surface area contributed by atoms with Gasteiger partial charge >= 0.3 is 5.97 Å². The molecule has 100 valence electrons. The zero-order chi connectivity index (χ0) is 13.4. The number of benzene rings is 1. The first kappa shape index (κ1) is 14.3. The molecule has 0 spiro atoms. The zero-order valence-electron chi connectivity index (χ0n) is 10.9. The number of para-hydroxylation sites is 2. The Balaban J connectivity index is 2.63. The van der Waals surface area contributed by atoms with Gasteiger partial charge in [-0.2, -0.15) is 0 Å². The molecule has 0 radical (unpaired) electrons. The van der Waals surface area contributed by atoms with Gasteiger partial charge in [0.25, 0.3) is 0 Å². The van der Waals surface area contributed by atoms with Gasteiger partial charge in [0.15, 0.2) is 11.5 Å². The third kappa shape index (κ3) is 3.92. The summed E-state index contributed by atoms with van der Waals surface area (Å²) in [6, 6.07) is 6.81. The third-order valence-electron chi connectivity index (χ3n) is 2.41. The Labute approximate surface area is 107 Å². The molecule has 5 nitrogen and oxygen atoms in total. The Hall–Kier alpha value is -1.75. The molecule has 1 N–H and O–H groups in total. The van der Waals surface area contributed by atoms with E-state index in [9.17, 15) is 4.79 Å². The van der Waals surface area contributed by atoms with Crippen molar-refractivity contribution in [1.29, 1.82) is 0 Å². The first-order chi connectivity index (χ1) is 8.72. The standard InChI is InChI=1S/C13H19NO4/c1-4-14-10(13(15)17-3)9-18-12-8-6-5-7-11(12)16-2/h5-8,10,14H,4,9H2,1-3H3. The number of likely N-dealkylation sites (N-methyl/N-ethyl adjacent to an activating group) is 1. The van der Waals surface area contributed by atoms with Crippen molar-refractivity contribution in [3.05, 3.63) is 24.3 Å². The Bertz CT molecular complexity index is 381. The summed E-state index contributed by atoms with van der Waals surface area (Å²) in [6.07, 6.45) is 0. The summed E-state index contributed by atoms with van der Waals surface area (Å²) in [5.41, 5.74) is 0. The van der Waals surface area contributed by atoms with E-state index in [-0.39, 0.29) is 12.6 Å². The maximum atomic E-state index is 11.5. The molecule has 5 heteroatoms. The van der Waals surface area contributed by atoms with Gasteiger partial charge in [-0.1, -0.05) is 19.1 Å². The first-order valence-electron chi connectivity index (χ1n) is 5.80. The number of rotatable bonds is 7. The SMILES string of the molecule is CCNC(COc1ccccc1OC)C(=O)OC. The lowest BCUT2D eigenvalue weighted by Gasteiger charge is -2.17. The van der Waals surface area contributed by atoms with Crippen LogP contribution in [0.1, 0.15) is 6.92 Å². The minimum Gasteiger partial charge on any atom is -0.493 e. The fourth-order valence-electron chi connectivity index (χ4n) is 1.51. The summed E-state index contributed by atoms with van der Waals surface area (Å²) in [7, 11) is 2.93. The largest absolute Gasteiger partial charge is 0.493 e. The summed E-state index contributed by atoms with van der Waals surface area (Å²) < 4.78 is 15.4. The molecule has 0 aliphatic rings. The van der Waals surface area contributed by atoms with Gasteiger partial charge in [0, 0.05) is 0 Å². The molecule has 1 aromatic carbocycles. The molecule has 0 amide bonds. The highest BCUT2D eigenvalue weighted by atomic mass is 16.5. The molecule has 1 aromatic rings. The number of carbonyl (C=O) groups is 1.